The van der Waals surface area contributed by atoms with Gasteiger partial charge >= 0.3 is 0 Å². The number of morpholine rings is 1. The van der Waals surface area contributed by atoms with Crippen LogP contribution in [0.2, 0.25) is 5.02 Å². The Hall–Kier alpha value is -1.97. The van der Waals surface area contributed by atoms with Crippen LogP contribution in [0.5, 0.6) is 0 Å². The third-order valence-electron chi connectivity index (χ3n) is 5.05. The van der Waals surface area contributed by atoms with Gasteiger partial charge in [-0.2, -0.15) is 4.31 Å². The van der Waals surface area contributed by atoms with Crippen molar-refractivity contribution in [2.24, 2.45) is 0 Å². The van der Waals surface area contributed by atoms with Crippen LogP contribution in [-0.2, 0) is 32.6 Å². The molecule has 0 aromatic heterocycles. The van der Waals surface area contributed by atoms with E-state index in [0.29, 0.717) is 13.2 Å². The third-order valence-corrected chi connectivity index (χ3v) is 7.37. The molecule has 1 saturated heterocycles. The molecule has 3 rings (SSSR count). The molecular weight excluding hydrogens is 440 g/mol. The molecule has 2 aromatic rings. The fourth-order valence-corrected chi connectivity index (χ4v) is 5.70. The molecule has 2 aromatic carbocycles. The Labute approximate surface area is 188 Å². The van der Waals surface area contributed by atoms with Crippen LogP contribution in [0.1, 0.15) is 35.3 Å². The van der Waals surface area contributed by atoms with E-state index in [1.807, 2.05) is 38.1 Å². The molecule has 1 aliphatic heterocycles. The number of nitrogens with zero attached hydrogens (tertiary/aromatic N) is 1. The van der Waals surface area contributed by atoms with Gasteiger partial charge in [0.1, 0.15) is 4.90 Å². The van der Waals surface area contributed by atoms with E-state index in [1.54, 1.807) is 7.11 Å². The van der Waals surface area contributed by atoms with Gasteiger partial charge in [-0.1, -0.05) is 35.9 Å². The van der Waals surface area contributed by atoms with Crippen molar-refractivity contribution in [3.63, 3.8) is 0 Å². The smallest absolute Gasteiger partial charge is 0.251 e. The van der Waals surface area contributed by atoms with E-state index in [0.717, 1.165) is 11.1 Å². The summed E-state index contributed by atoms with van der Waals surface area (Å²) in [4.78, 5) is 12.7. The van der Waals surface area contributed by atoms with E-state index in [-0.39, 0.29) is 46.7 Å². The van der Waals surface area contributed by atoms with Gasteiger partial charge in [-0.25, -0.2) is 8.42 Å². The standard InChI is InChI=1S/C22H27ClN2O5S/c1-15-12-25(13-16(2)30-15)31(27,28)21-10-17(8-9-20(21)23)22(26)24-11-18-6-4-5-7-19(18)14-29-3/h4-10,15-16H,11-14H2,1-3H3,(H,24,26). The Morgan fingerprint density at radius 1 is 1.16 bits per heavy atom. The van der Waals surface area contributed by atoms with E-state index >= 15 is 0 Å². The van der Waals surface area contributed by atoms with Gasteiger partial charge in [-0.3, -0.25) is 4.79 Å². The summed E-state index contributed by atoms with van der Waals surface area (Å²) in [6.45, 7) is 4.84. The molecule has 2 unspecified atom stereocenters. The second-order valence-corrected chi connectivity index (χ2v) is 9.92. The van der Waals surface area contributed by atoms with Crippen LogP contribution in [0.25, 0.3) is 0 Å². The van der Waals surface area contributed by atoms with E-state index in [1.165, 1.54) is 22.5 Å². The van der Waals surface area contributed by atoms with Crippen molar-refractivity contribution in [2.75, 3.05) is 20.2 Å². The SMILES string of the molecule is COCc1ccccc1CNC(=O)c1ccc(Cl)c(S(=O)(=O)N2CC(C)OC(C)C2)c1. The molecule has 0 radical (unpaired) electrons. The molecule has 0 spiro atoms. The van der Waals surface area contributed by atoms with Crippen molar-refractivity contribution >= 4 is 27.5 Å². The summed E-state index contributed by atoms with van der Waals surface area (Å²) >= 11 is 6.22. The lowest BCUT2D eigenvalue weighted by atomic mass is 10.1. The number of hydrogen-bond donors (Lipinski definition) is 1. The molecule has 1 amide bonds. The number of hydrogen-bond acceptors (Lipinski definition) is 5. The zero-order chi connectivity index (χ0) is 22.6. The minimum absolute atomic E-state index is 0.0776. The Kier molecular flexibility index (Phi) is 7.72. The quantitative estimate of drug-likeness (QED) is 0.677. The van der Waals surface area contributed by atoms with E-state index < -0.39 is 10.0 Å². The van der Waals surface area contributed by atoms with Gasteiger partial charge in [0, 0.05) is 32.3 Å². The molecule has 9 heteroatoms. The molecule has 0 saturated carbocycles. The predicted molar refractivity (Wildman–Crippen MR) is 119 cm³/mol. The molecule has 7 nitrogen and oxygen atoms in total. The molecule has 2 atom stereocenters. The summed E-state index contributed by atoms with van der Waals surface area (Å²) in [5.41, 5.74) is 2.12. The first kappa shape index (κ1) is 23.7. The number of carbonyl (C=O) groups excluding carboxylic acids is 1. The number of sulfonamides is 1. The Balaban J connectivity index is 1.80. The Morgan fingerprint density at radius 3 is 2.45 bits per heavy atom. The second-order valence-electron chi connectivity index (χ2n) is 7.61. The van der Waals surface area contributed by atoms with E-state index in [2.05, 4.69) is 5.32 Å². The lowest BCUT2D eigenvalue weighted by molar-refractivity contribution is -0.0440. The monoisotopic (exact) mass is 466 g/mol. The largest absolute Gasteiger partial charge is 0.380 e. The average Bonchev–Trinajstić information content (AvgIpc) is 2.72. The van der Waals surface area contributed by atoms with Crippen LogP contribution < -0.4 is 5.32 Å². The first-order valence-corrected chi connectivity index (χ1v) is 11.8. The van der Waals surface area contributed by atoms with Crippen LogP contribution in [0, 0.1) is 0 Å². The van der Waals surface area contributed by atoms with Gasteiger partial charge in [-0.05, 0) is 43.2 Å². The molecule has 31 heavy (non-hydrogen) atoms. The average molecular weight is 467 g/mol. The Morgan fingerprint density at radius 2 is 1.81 bits per heavy atom. The van der Waals surface area contributed by atoms with Crippen molar-refractivity contribution in [3.8, 4) is 0 Å². The predicted octanol–water partition coefficient (Wildman–Crippen LogP) is 3.21. The van der Waals surface area contributed by atoms with Crippen LogP contribution in [-0.4, -0.2) is 51.0 Å². The minimum atomic E-state index is -3.87. The molecule has 0 bridgehead atoms. The number of amides is 1. The van der Waals surface area contributed by atoms with Crippen LogP contribution in [0.4, 0.5) is 0 Å². The van der Waals surface area contributed by atoms with E-state index in [9.17, 15) is 13.2 Å². The van der Waals surface area contributed by atoms with Crippen molar-refractivity contribution in [1.82, 2.24) is 9.62 Å². The normalized spacial score (nSPS) is 19.9. The lowest BCUT2D eigenvalue weighted by Crippen LogP contribution is -2.48. The maximum atomic E-state index is 13.2. The minimum Gasteiger partial charge on any atom is -0.380 e. The molecule has 1 fully saturated rings. The van der Waals surface area contributed by atoms with Crippen LogP contribution in [0.3, 0.4) is 0 Å². The topological polar surface area (TPSA) is 84.9 Å². The number of halogens is 1. The third kappa shape index (κ3) is 5.64. The van der Waals surface area contributed by atoms with Gasteiger partial charge in [0.25, 0.3) is 5.91 Å². The zero-order valence-corrected chi connectivity index (χ0v) is 19.4. The highest BCUT2D eigenvalue weighted by Crippen LogP contribution is 2.28. The molecule has 168 valence electrons. The van der Waals surface area contributed by atoms with Crippen molar-refractivity contribution < 1.29 is 22.7 Å². The number of ether oxygens (including phenoxy) is 2. The maximum Gasteiger partial charge on any atom is 0.251 e. The van der Waals surface area contributed by atoms with Gasteiger partial charge in [0.05, 0.1) is 23.8 Å². The van der Waals surface area contributed by atoms with Gasteiger partial charge in [0.2, 0.25) is 10.0 Å². The number of nitrogens with one attached hydrogen (secondary N) is 1. The zero-order valence-electron chi connectivity index (χ0n) is 17.8. The van der Waals surface area contributed by atoms with Crippen LogP contribution in [0.15, 0.2) is 47.4 Å². The highest BCUT2D eigenvalue weighted by atomic mass is 35.5. The fourth-order valence-electron chi connectivity index (χ4n) is 3.61. The number of methoxy groups -OCH3 is 1. The van der Waals surface area contributed by atoms with Crippen LogP contribution >= 0.6 is 11.6 Å². The summed E-state index contributed by atoms with van der Waals surface area (Å²) in [6, 6.07) is 11.9. The summed E-state index contributed by atoms with van der Waals surface area (Å²) in [5, 5.41) is 2.92. The molecule has 1 N–H and O–H groups in total. The van der Waals surface area contributed by atoms with Crippen molar-refractivity contribution in [3.05, 3.63) is 64.2 Å². The van der Waals surface area contributed by atoms with Gasteiger partial charge in [-0.15, -0.1) is 0 Å². The summed E-state index contributed by atoms with van der Waals surface area (Å²) in [5.74, 6) is -0.385. The molecule has 1 aliphatic rings. The lowest BCUT2D eigenvalue weighted by Gasteiger charge is -2.34. The van der Waals surface area contributed by atoms with Crippen molar-refractivity contribution in [2.45, 2.75) is 44.1 Å². The fraction of sp³-hybridized carbons (Fsp3) is 0.409. The van der Waals surface area contributed by atoms with Gasteiger partial charge in [0.15, 0.2) is 0 Å². The first-order valence-electron chi connectivity index (χ1n) is 10.0. The summed E-state index contributed by atoms with van der Waals surface area (Å²) < 4.78 is 38.6. The summed E-state index contributed by atoms with van der Waals surface area (Å²) in [6.07, 6.45) is -0.452. The molecular formula is C22H27ClN2O5S. The highest BCUT2D eigenvalue weighted by molar-refractivity contribution is 7.89. The first-order chi connectivity index (χ1) is 14.7. The van der Waals surface area contributed by atoms with Crippen molar-refractivity contribution in [1.29, 1.82) is 0 Å². The van der Waals surface area contributed by atoms with E-state index in [4.69, 9.17) is 21.1 Å². The second kappa shape index (κ2) is 10.1. The highest BCUT2D eigenvalue weighted by Gasteiger charge is 2.33. The molecule has 1 heterocycles. The molecule has 0 aliphatic carbocycles. The maximum absolute atomic E-state index is 13.2. The number of rotatable bonds is 7. The number of carbonyl (C=O) groups is 1. The number of benzene rings is 2. The summed E-state index contributed by atoms with van der Waals surface area (Å²) in [7, 11) is -2.26. The van der Waals surface area contributed by atoms with Gasteiger partial charge < -0.3 is 14.8 Å². The Bertz CT molecular complexity index is 1030.